The molecule has 2 rings (SSSR count). The van der Waals surface area contributed by atoms with Crippen molar-refractivity contribution >= 4 is 5.97 Å². The number of unbranched alkanes of at least 4 members (excludes halogenated alkanes) is 18. The van der Waals surface area contributed by atoms with Crippen molar-refractivity contribution in [2.75, 3.05) is 66.2 Å². The lowest BCUT2D eigenvalue weighted by Crippen LogP contribution is -2.46. The number of esters is 1. The van der Waals surface area contributed by atoms with Gasteiger partial charge in [0.05, 0.1) is 13.2 Å². The molecule has 0 saturated carbocycles. The molecule has 0 aromatic heterocycles. The van der Waals surface area contributed by atoms with E-state index in [9.17, 15) is 4.79 Å². The molecule has 2 heterocycles. The number of piperazine rings is 1. The Morgan fingerprint density at radius 1 is 0.589 bits per heavy atom. The van der Waals surface area contributed by atoms with Gasteiger partial charge >= 0.3 is 5.97 Å². The summed E-state index contributed by atoms with van der Waals surface area (Å²) in [5, 5.41) is 0. The van der Waals surface area contributed by atoms with E-state index in [-0.39, 0.29) is 38.3 Å². The summed E-state index contributed by atoms with van der Waals surface area (Å²) in [6, 6.07) is 0. The Labute approximate surface area is 347 Å². The van der Waals surface area contributed by atoms with E-state index in [0.717, 1.165) is 58.5 Å². The first kappa shape index (κ1) is 52.2. The van der Waals surface area contributed by atoms with E-state index < -0.39 is 0 Å². The highest BCUT2D eigenvalue weighted by atomic mass is 16.6. The van der Waals surface area contributed by atoms with Gasteiger partial charge in [-0.05, 0) is 84.1 Å². The van der Waals surface area contributed by atoms with Crippen molar-refractivity contribution in [2.45, 2.75) is 194 Å². The Balaban J connectivity index is 0.0000157. The fraction of sp³-hybridized carbons (Fsp3) is 0.816. The first-order valence-corrected chi connectivity index (χ1v) is 23.1. The largest absolute Gasteiger partial charge is 0.462 e. The Morgan fingerprint density at radius 3 is 1.54 bits per heavy atom. The lowest BCUT2D eigenvalue weighted by Gasteiger charge is -2.31. The molecule has 3 atom stereocenters. The second kappa shape index (κ2) is 38.7. The van der Waals surface area contributed by atoms with E-state index in [1.807, 2.05) is 0 Å². The van der Waals surface area contributed by atoms with Gasteiger partial charge < -0.3 is 23.8 Å². The van der Waals surface area contributed by atoms with Gasteiger partial charge in [0.2, 0.25) is 0 Å². The van der Waals surface area contributed by atoms with Crippen molar-refractivity contribution in [3.8, 4) is 0 Å². The van der Waals surface area contributed by atoms with Crippen LogP contribution in [0.2, 0.25) is 0 Å². The molecule has 2 saturated heterocycles. The molecule has 326 valence electrons. The minimum absolute atomic E-state index is 0. The van der Waals surface area contributed by atoms with Crippen LogP contribution < -0.4 is 0 Å². The van der Waals surface area contributed by atoms with Crippen LogP contribution in [0.5, 0.6) is 0 Å². The minimum atomic E-state index is -0.276. The lowest BCUT2D eigenvalue weighted by atomic mass is 10.1. The highest BCUT2D eigenvalue weighted by Gasteiger charge is 2.39. The lowest BCUT2D eigenvalue weighted by molar-refractivity contribution is -0.151. The average Bonchev–Trinajstić information content (AvgIpc) is 3.58. The molecule has 56 heavy (non-hydrogen) atoms. The summed E-state index contributed by atoms with van der Waals surface area (Å²) in [5.74, 6) is -0.178. The summed E-state index contributed by atoms with van der Waals surface area (Å²) >= 11 is 0. The Kier molecular flexibility index (Phi) is 36.1. The molecule has 2 aliphatic heterocycles. The van der Waals surface area contributed by atoms with Crippen LogP contribution in [0.1, 0.15) is 175 Å². The number of carbonyl (C=O) groups excluding carboxylic acids is 1. The van der Waals surface area contributed by atoms with Gasteiger partial charge in [0, 0.05) is 39.4 Å². The maximum atomic E-state index is 12.7. The summed E-state index contributed by atoms with van der Waals surface area (Å²) in [6.45, 7) is 10.8. The van der Waals surface area contributed by atoms with Crippen LogP contribution in [-0.2, 0) is 23.7 Å². The van der Waals surface area contributed by atoms with Crippen molar-refractivity contribution in [3.63, 3.8) is 0 Å². The van der Waals surface area contributed by atoms with Gasteiger partial charge in [0.1, 0.15) is 24.9 Å². The maximum absolute atomic E-state index is 12.7. The van der Waals surface area contributed by atoms with Gasteiger partial charge in [0.25, 0.3) is 0 Å². The highest BCUT2D eigenvalue weighted by Crippen LogP contribution is 2.23. The number of allylic oxidation sites excluding steroid dienone is 8. The van der Waals surface area contributed by atoms with E-state index in [1.54, 1.807) is 0 Å². The van der Waals surface area contributed by atoms with E-state index in [2.05, 4.69) is 79.3 Å². The maximum Gasteiger partial charge on any atom is 0.320 e. The Morgan fingerprint density at radius 2 is 1.04 bits per heavy atom. The molecule has 0 bridgehead atoms. The second-order valence-corrected chi connectivity index (χ2v) is 16.0. The van der Waals surface area contributed by atoms with Gasteiger partial charge in [-0.1, -0.05) is 147 Å². The third-order valence-corrected chi connectivity index (χ3v) is 10.9. The van der Waals surface area contributed by atoms with Crippen LogP contribution in [0.15, 0.2) is 48.6 Å². The topological polar surface area (TPSA) is 60.5 Å². The molecule has 0 aromatic carbocycles. The summed E-state index contributed by atoms with van der Waals surface area (Å²) in [5.41, 5.74) is 0. The molecule has 0 aromatic rings. The third-order valence-electron chi connectivity index (χ3n) is 10.9. The number of hydrogen-bond acceptors (Lipinski definition) is 7. The summed E-state index contributed by atoms with van der Waals surface area (Å²) < 4.78 is 24.7. The number of hydrogen-bond donors (Lipinski definition) is 0. The van der Waals surface area contributed by atoms with Gasteiger partial charge in [0.15, 0.2) is 0 Å². The Hall–Kier alpha value is -1.77. The highest BCUT2D eigenvalue weighted by molar-refractivity contribution is 5.71. The van der Waals surface area contributed by atoms with Gasteiger partial charge in [-0.15, -0.1) is 0 Å². The fourth-order valence-corrected chi connectivity index (χ4v) is 7.19. The molecule has 0 aliphatic carbocycles. The van der Waals surface area contributed by atoms with Gasteiger partial charge in [-0.25, -0.2) is 0 Å². The molecule has 7 heteroatoms. The quantitative estimate of drug-likeness (QED) is 0.0356. The number of likely N-dealkylation sites (N-methyl/N-ethyl adjacent to an activating group) is 1. The molecular weight excluding hydrogens is 697 g/mol. The molecule has 0 N–H and O–H groups in total. The van der Waals surface area contributed by atoms with Crippen LogP contribution in [0, 0.1) is 0 Å². The summed E-state index contributed by atoms with van der Waals surface area (Å²) in [6.07, 6.45) is 47.6. The van der Waals surface area contributed by atoms with Crippen LogP contribution in [0.4, 0.5) is 0 Å². The molecule has 0 spiro atoms. The van der Waals surface area contributed by atoms with Crippen molar-refractivity contribution in [1.82, 2.24) is 9.80 Å². The normalized spacial score (nSPS) is 19.7. The van der Waals surface area contributed by atoms with Crippen molar-refractivity contribution < 1.29 is 23.7 Å². The molecule has 0 radical (unpaired) electrons. The van der Waals surface area contributed by atoms with Crippen molar-refractivity contribution in [2.24, 2.45) is 0 Å². The van der Waals surface area contributed by atoms with E-state index in [1.165, 1.54) is 128 Å². The molecular formula is C49H90N2O5. The smallest absolute Gasteiger partial charge is 0.320 e. The first-order valence-electron chi connectivity index (χ1n) is 23.1. The number of rotatable bonds is 36. The Bertz CT molecular complexity index is 989. The third kappa shape index (κ3) is 29.4. The molecule has 7 nitrogen and oxygen atoms in total. The number of carbonyl (C=O) groups is 1. The zero-order chi connectivity index (χ0) is 39.3. The monoisotopic (exact) mass is 787 g/mol. The second-order valence-electron chi connectivity index (χ2n) is 16.0. The molecule has 2 fully saturated rings. The van der Waals surface area contributed by atoms with Gasteiger partial charge in [-0.2, -0.15) is 0 Å². The SMILES string of the molecule is C.CCCCC/C=C\C/C=C\CCCCCCCCOC1CO[C@H](COC(=O)CN2CCN(C)CC2)[C@@H]1OCCCCCCCC/C=C\C/C=C\CCCCC. The van der Waals surface area contributed by atoms with Crippen molar-refractivity contribution in [3.05, 3.63) is 48.6 Å². The number of nitrogens with zero attached hydrogens (tertiary/aromatic N) is 2. The molecule has 0 amide bonds. The van der Waals surface area contributed by atoms with Crippen LogP contribution >= 0.6 is 0 Å². The first-order chi connectivity index (χ1) is 27.1. The predicted molar refractivity (Wildman–Crippen MR) is 240 cm³/mol. The zero-order valence-corrected chi connectivity index (χ0v) is 36.1. The summed E-state index contributed by atoms with van der Waals surface area (Å²) in [4.78, 5) is 17.2. The summed E-state index contributed by atoms with van der Waals surface area (Å²) in [7, 11) is 2.12. The average molecular weight is 787 g/mol. The van der Waals surface area contributed by atoms with E-state index >= 15 is 0 Å². The standard InChI is InChI=1S/C48H86N2O5.CH4/c1-4-6-8-10-12-14-16-18-20-22-24-26-28-30-32-34-40-52-45-43-54-46(44-55-47(51)42-50-38-36-49(3)37-39-50)48(45)53-41-35-33-31-29-27-25-23-21-19-17-15-13-11-9-7-5-2;/h12-15,18-21,45-46,48H,4-11,16-17,22-44H2,1-3H3;1H4/b14-12-,15-13-,20-18-,21-19-;/t45?,46-,48-;/m1./s1. The van der Waals surface area contributed by atoms with E-state index in [4.69, 9.17) is 18.9 Å². The zero-order valence-electron chi connectivity index (χ0n) is 36.1. The molecule has 2 aliphatic rings. The van der Waals surface area contributed by atoms with Crippen LogP contribution in [0.25, 0.3) is 0 Å². The predicted octanol–water partition coefficient (Wildman–Crippen LogP) is 12.2. The number of ether oxygens (including phenoxy) is 4. The fourth-order valence-electron chi connectivity index (χ4n) is 7.19. The van der Waals surface area contributed by atoms with Crippen LogP contribution in [-0.4, -0.2) is 100 Å². The van der Waals surface area contributed by atoms with Crippen LogP contribution in [0.3, 0.4) is 0 Å². The van der Waals surface area contributed by atoms with Gasteiger partial charge in [-0.3, -0.25) is 9.69 Å². The minimum Gasteiger partial charge on any atom is -0.462 e. The molecule has 1 unspecified atom stereocenters. The van der Waals surface area contributed by atoms with Crippen molar-refractivity contribution in [1.29, 1.82) is 0 Å². The van der Waals surface area contributed by atoms with E-state index in [0.29, 0.717) is 19.8 Å².